The van der Waals surface area contributed by atoms with Gasteiger partial charge in [0.05, 0.1) is 6.54 Å². The zero-order chi connectivity index (χ0) is 11.4. The molecule has 15 heavy (non-hydrogen) atoms. The minimum atomic E-state index is -1.27. The van der Waals surface area contributed by atoms with Crippen LogP contribution < -0.4 is 11.1 Å². The van der Waals surface area contributed by atoms with Gasteiger partial charge in [-0.3, -0.25) is 9.59 Å². The largest absolute Gasteiger partial charge is 0.475 e. The third-order valence-corrected chi connectivity index (χ3v) is 1.46. The highest BCUT2D eigenvalue weighted by Gasteiger charge is 2.14. The summed E-state index contributed by atoms with van der Waals surface area (Å²) in [6.07, 6.45) is 0. The Bertz CT molecular complexity index is 409. The summed E-state index contributed by atoms with van der Waals surface area (Å²) in [6.45, 7) is -0.331. The second-order valence-electron chi connectivity index (χ2n) is 2.62. The minimum Gasteiger partial charge on any atom is -0.475 e. The zero-order valence-electron chi connectivity index (χ0n) is 7.52. The average Bonchev–Trinajstić information content (AvgIpc) is 2.62. The van der Waals surface area contributed by atoms with Crippen molar-refractivity contribution in [3.05, 3.63) is 23.7 Å². The highest BCUT2D eigenvalue weighted by molar-refractivity contribution is 5.95. The van der Waals surface area contributed by atoms with E-state index in [-0.39, 0.29) is 18.1 Å². The molecule has 1 heterocycles. The molecule has 0 fully saturated rings. The van der Waals surface area contributed by atoms with Gasteiger partial charge >= 0.3 is 5.97 Å². The summed E-state index contributed by atoms with van der Waals surface area (Å²) in [5, 5.41) is 10.6. The van der Waals surface area contributed by atoms with Gasteiger partial charge in [-0.15, -0.1) is 0 Å². The van der Waals surface area contributed by atoms with Crippen LogP contribution in [0.4, 0.5) is 0 Å². The van der Waals surface area contributed by atoms with Crippen LogP contribution in [0.15, 0.2) is 16.5 Å². The van der Waals surface area contributed by atoms with Gasteiger partial charge in [-0.25, -0.2) is 4.79 Å². The molecule has 0 radical (unpaired) electrons. The molecule has 0 bridgehead atoms. The van der Waals surface area contributed by atoms with Crippen molar-refractivity contribution >= 4 is 17.8 Å². The van der Waals surface area contributed by atoms with E-state index in [1.165, 1.54) is 6.07 Å². The number of nitrogens with two attached hydrogens (primary N) is 1. The number of rotatable bonds is 4. The van der Waals surface area contributed by atoms with Crippen molar-refractivity contribution in [2.24, 2.45) is 5.73 Å². The Kier molecular flexibility index (Phi) is 3.06. The van der Waals surface area contributed by atoms with Crippen molar-refractivity contribution in [3.63, 3.8) is 0 Å². The normalized spacial score (nSPS) is 9.60. The van der Waals surface area contributed by atoms with E-state index in [9.17, 15) is 14.4 Å². The molecule has 0 spiro atoms. The first-order chi connectivity index (χ1) is 7.00. The number of primary amides is 1. The van der Waals surface area contributed by atoms with Crippen LogP contribution in [0.1, 0.15) is 21.1 Å². The van der Waals surface area contributed by atoms with Crippen LogP contribution >= 0.6 is 0 Å². The number of hydrogen-bond acceptors (Lipinski definition) is 4. The lowest BCUT2D eigenvalue weighted by atomic mass is 10.4. The summed E-state index contributed by atoms with van der Waals surface area (Å²) >= 11 is 0. The highest BCUT2D eigenvalue weighted by atomic mass is 16.4. The summed E-state index contributed by atoms with van der Waals surface area (Å²) in [7, 11) is 0. The SMILES string of the molecule is NC(=O)CNC(=O)c1ccc(C(=O)O)o1. The molecule has 80 valence electrons. The maximum absolute atomic E-state index is 11.2. The Morgan fingerprint density at radius 1 is 1.33 bits per heavy atom. The number of furan rings is 1. The van der Waals surface area contributed by atoms with E-state index in [2.05, 4.69) is 9.73 Å². The predicted molar refractivity (Wildman–Crippen MR) is 47.2 cm³/mol. The molecule has 7 nitrogen and oxygen atoms in total. The van der Waals surface area contributed by atoms with Crippen molar-refractivity contribution in [2.75, 3.05) is 6.54 Å². The molecule has 0 unspecified atom stereocenters. The van der Waals surface area contributed by atoms with Crippen molar-refractivity contribution in [3.8, 4) is 0 Å². The third-order valence-electron chi connectivity index (χ3n) is 1.46. The van der Waals surface area contributed by atoms with Crippen LogP contribution in [0.5, 0.6) is 0 Å². The van der Waals surface area contributed by atoms with Crippen LogP contribution in [-0.2, 0) is 4.79 Å². The number of carbonyl (C=O) groups is 3. The average molecular weight is 212 g/mol. The minimum absolute atomic E-state index is 0.186. The van der Waals surface area contributed by atoms with E-state index in [1.54, 1.807) is 0 Å². The number of hydrogen-bond donors (Lipinski definition) is 3. The molecule has 4 N–H and O–H groups in total. The molecular weight excluding hydrogens is 204 g/mol. The molecule has 1 rings (SSSR count). The molecule has 0 aliphatic rings. The Hall–Kier alpha value is -2.31. The number of carboxylic acids is 1. The topological polar surface area (TPSA) is 123 Å². The predicted octanol–water partition coefficient (Wildman–Crippen LogP) is -0.807. The summed E-state index contributed by atoms with van der Waals surface area (Å²) in [5.74, 6) is -3.20. The molecule has 0 saturated heterocycles. The maximum atomic E-state index is 11.2. The molecule has 7 heteroatoms. The number of carboxylic acid groups (broad SMARTS) is 1. The number of carbonyl (C=O) groups excluding carboxylic acids is 2. The van der Waals surface area contributed by atoms with Gasteiger partial charge in [0.1, 0.15) is 0 Å². The lowest BCUT2D eigenvalue weighted by Gasteiger charge is -1.98. The van der Waals surface area contributed by atoms with Crippen LogP contribution in [0.3, 0.4) is 0 Å². The number of aromatic carboxylic acids is 1. The fraction of sp³-hybridized carbons (Fsp3) is 0.125. The fourth-order valence-electron chi connectivity index (χ4n) is 0.829. The first-order valence-corrected chi connectivity index (χ1v) is 3.90. The van der Waals surface area contributed by atoms with E-state index in [0.29, 0.717) is 0 Å². The molecular formula is C8H8N2O5. The van der Waals surface area contributed by atoms with E-state index in [1.807, 2.05) is 0 Å². The standard InChI is InChI=1S/C8H8N2O5/c9-6(11)3-10-7(12)4-1-2-5(15-4)8(13)14/h1-2H,3H2,(H2,9,11)(H,10,12)(H,13,14). The molecule has 0 atom stereocenters. The van der Waals surface area contributed by atoms with E-state index in [0.717, 1.165) is 6.07 Å². The van der Waals surface area contributed by atoms with Crippen molar-refractivity contribution in [2.45, 2.75) is 0 Å². The van der Waals surface area contributed by atoms with Crippen LogP contribution in [0, 0.1) is 0 Å². The quantitative estimate of drug-likeness (QED) is 0.602. The maximum Gasteiger partial charge on any atom is 0.371 e. The van der Waals surface area contributed by atoms with Gasteiger partial charge in [0.25, 0.3) is 5.91 Å². The molecule has 0 aromatic carbocycles. The molecule has 0 saturated carbocycles. The third kappa shape index (κ3) is 2.83. The van der Waals surface area contributed by atoms with Gasteiger partial charge in [0.15, 0.2) is 5.76 Å². The van der Waals surface area contributed by atoms with Crippen molar-refractivity contribution < 1.29 is 23.9 Å². The lowest BCUT2D eigenvalue weighted by Crippen LogP contribution is -2.33. The van der Waals surface area contributed by atoms with Crippen molar-refractivity contribution in [1.29, 1.82) is 0 Å². The first kappa shape index (κ1) is 10.8. The van der Waals surface area contributed by atoms with Crippen LogP contribution in [-0.4, -0.2) is 29.4 Å². The summed E-state index contributed by atoms with van der Waals surface area (Å²) in [5.41, 5.74) is 4.79. The van der Waals surface area contributed by atoms with E-state index < -0.39 is 17.8 Å². The summed E-state index contributed by atoms with van der Waals surface area (Å²) in [6, 6.07) is 2.33. The Morgan fingerprint density at radius 3 is 2.40 bits per heavy atom. The Morgan fingerprint density at radius 2 is 1.93 bits per heavy atom. The Labute approximate surface area is 83.9 Å². The Balaban J connectivity index is 2.66. The molecule has 1 aromatic rings. The molecule has 1 aromatic heterocycles. The smallest absolute Gasteiger partial charge is 0.371 e. The van der Waals surface area contributed by atoms with Gasteiger partial charge < -0.3 is 20.6 Å². The van der Waals surface area contributed by atoms with Gasteiger partial charge in [-0.1, -0.05) is 0 Å². The zero-order valence-corrected chi connectivity index (χ0v) is 7.52. The second-order valence-corrected chi connectivity index (χ2v) is 2.62. The second kappa shape index (κ2) is 4.27. The van der Waals surface area contributed by atoms with Gasteiger partial charge in [-0.2, -0.15) is 0 Å². The number of amides is 2. The molecule has 2 amide bonds. The van der Waals surface area contributed by atoms with E-state index in [4.69, 9.17) is 10.8 Å². The monoisotopic (exact) mass is 212 g/mol. The summed E-state index contributed by atoms with van der Waals surface area (Å²) in [4.78, 5) is 31.9. The van der Waals surface area contributed by atoms with Gasteiger partial charge in [0.2, 0.25) is 11.7 Å². The van der Waals surface area contributed by atoms with Gasteiger partial charge in [0, 0.05) is 0 Å². The van der Waals surface area contributed by atoms with Crippen molar-refractivity contribution in [1.82, 2.24) is 5.32 Å². The van der Waals surface area contributed by atoms with Crippen LogP contribution in [0.25, 0.3) is 0 Å². The fourth-order valence-corrected chi connectivity index (χ4v) is 0.829. The van der Waals surface area contributed by atoms with E-state index >= 15 is 0 Å². The highest BCUT2D eigenvalue weighted by Crippen LogP contribution is 2.07. The molecule has 0 aliphatic carbocycles. The number of nitrogens with one attached hydrogen (secondary N) is 1. The summed E-state index contributed by atoms with van der Waals surface area (Å²) < 4.78 is 4.68. The molecule has 0 aliphatic heterocycles. The van der Waals surface area contributed by atoms with Gasteiger partial charge in [-0.05, 0) is 12.1 Å². The lowest BCUT2D eigenvalue weighted by molar-refractivity contribution is -0.117. The first-order valence-electron chi connectivity index (χ1n) is 3.90. The van der Waals surface area contributed by atoms with Crippen LogP contribution in [0.2, 0.25) is 0 Å².